The van der Waals surface area contributed by atoms with Crippen molar-refractivity contribution in [3.63, 3.8) is 0 Å². The van der Waals surface area contributed by atoms with Crippen LogP contribution in [-0.4, -0.2) is 11.4 Å². The van der Waals surface area contributed by atoms with Crippen LogP contribution < -0.4 is 58.2 Å². The van der Waals surface area contributed by atoms with Crippen LogP contribution in [0.15, 0.2) is 0 Å². The first-order valence-corrected chi connectivity index (χ1v) is 8.42. The zero-order chi connectivity index (χ0) is 17.7. The van der Waals surface area contributed by atoms with Crippen molar-refractivity contribution in [2.75, 3.05) is 0 Å². The van der Waals surface area contributed by atoms with E-state index in [2.05, 4.69) is 46.9 Å². The number of amides is 1. The molecule has 2 nitrogen and oxygen atoms in total. The Hall–Kier alpha value is 1.28. The molecule has 0 rings (SSSR count). The fourth-order valence-electron chi connectivity index (χ4n) is 1.95. The van der Waals surface area contributed by atoms with Gasteiger partial charge in [0.2, 0.25) is 0 Å². The Balaban J connectivity index is -0.00000115. The van der Waals surface area contributed by atoms with E-state index in [1.807, 2.05) is 41.5 Å². The Morgan fingerprint density at radius 3 is 1.50 bits per heavy atom. The average molecular weight is 384 g/mol. The molecular weight excluding hydrogens is 344 g/mol. The van der Waals surface area contributed by atoms with Crippen LogP contribution in [0.1, 0.15) is 95.9 Å². The van der Waals surface area contributed by atoms with Crippen molar-refractivity contribution in [3.8, 4) is 0 Å². The Morgan fingerprint density at radius 2 is 1.23 bits per heavy atom. The molecule has 128 valence electrons. The van der Waals surface area contributed by atoms with Crippen LogP contribution in [0.4, 0.5) is 0 Å². The van der Waals surface area contributed by atoms with Crippen molar-refractivity contribution in [2.24, 2.45) is 16.2 Å². The molecule has 3 heteroatoms. The molecule has 0 fully saturated rings. The van der Waals surface area contributed by atoms with E-state index in [1.54, 1.807) is 0 Å². The maximum absolute atomic E-state index is 12.5. The van der Waals surface area contributed by atoms with Gasteiger partial charge in [-0.3, -0.25) is 0 Å². The van der Waals surface area contributed by atoms with Gasteiger partial charge in [-0.25, -0.2) is 0 Å². The van der Waals surface area contributed by atoms with E-state index in [0.717, 1.165) is 12.8 Å². The number of rotatable bonds is 5. The zero-order valence-electron chi connectivity index (χ0n) is 17.8. The molecule has 0 N–H and O–H groups in total. The molecular formula is C19H40NORb. The predicted molar refractivity (Wildman–Crippen MR) is 95.7 cm³/mol. The summed E-state index contributed by atoms with van der Waals surface area (Å²) in [7, 11) is 0. The molecule has 22 heavy (non-hydrogen) atoms. The molecule has 0 aliphatic heterocycles. The van der Waals surface area contributed by atoms with Gasteiger partial charge in [-0.2, -0.15) is 0 Å². The van der Waals surface area contributed by atoms with Gasteiger partial charge in [0, 0.05) is 5.41 Å². The SMILES string of the molecule is CC.CCC(C)(C)[N-]C(=O)C(C)(C)CC(C)(C)C(C)(C)C.[Rb+]. The summed E-state index contributed by atoms with van der Waals surface area (Å²) in [6, 6.07) is 0. The van der Waals surface area contributed by atoms with Gasteiger partial charge in [0.15, 0.2) is 0 Å². The summed E-state index contributed by atoms with van der Waals surface area (Å²) in [5.41, 5.74) is -0.383. The zero-order valence-corrected chi connectivity index (χ0v) is 22.7. The third kappa shape index (κ3) is 9.54. The van der Waals surface area contributed by atoms with E-state index in [9.17, 15) is 4.79 Å². The summed E-state index contributed by atoms with van der Waals surface area (Å²) in [4.78, 5) is 12.5. The topological polar surface area (TPSA) is 31.2 Å². The van der Waals surface area contributed by atoms with Gasteiger partial charge >= 0.3 is 58.2 Å². The normalized spacial score (nSPS) is 12.7. The van der Waals surface area contributed by atoms with E-state index in [0.29, 0.717) is 0 Å². The Labute approximate surface area is 189 Å². The number of carbonyl (C=O) groups excluding carboxylic acids is 1. The third-order valence-electron chi connectivity index (χ3n) is 4.76. The first-order chi connectivity index (χ1) is 9.15. The van der Waals surface area contributed by atoms with Gasteiger partial charge in [-0.15, -0.1) is 5.54 Å². The van der Waals surface area contributed by atoms with Gasteiger partial charge < -0.3 is 10.1 Å². The van der Waals surface area contributed by atoms with Crippen molar-refractivity contribution in [1.82, 2.24) is 0 Å². The van der Waals surface area contributed by atoms with Gasteiger partial charge in [0.25, 0.3) is 0 Å². The molecule has 0 saturated carbocycles. The molecule has 0 unspecified atom stereocenters. The quantitative estimate of drug-likeness (QED) is 0.713. The van der Waals surface area contributed by atoms with Gasteiger partial charge in [0.05, 0.1) is 5.91 Å². The summed E-state index contributed by atoms with van der Waals surface area (Å²) < 4.78 is 0. The summed E-state index contributed by atoms with van der Waals surface area (Å²) in [6.45, 7) is 25.4. The molecule has 0 radical (unpaired) electrons. The fourth-order valence-corrected chi connectivity index (χ4v) is 1.95. The smallest absolute Gasteiger partial charge is 0.648 e. The minimum Gasteiger partial charge on any atom is -0.648 e. The summed E-state index contributed by atoms with van der Waals surface area (Å²) in [6.07, 6.45) is 1.74. The van der Waals surface area contributed by atoms with Crippen molar-refractivity contribution < 1.29 is 63.0 Å². The first kappa shape index (κ1) is 28.1. The molecule has 0 aliphatic carbocycles. The second kappa shape index (κ2) is 10.3. The van der Waals surface area contributed by atoms with E-state index < -0.39 is 5.41 Å². The number of hydrogen-bond acceptors (Lipinski definition) is 1. The van der Waals surface area contributed by atoms with Crippen LogP contribution in [0.3, 0.4) is 0 Å². The fraction of sp³-hybridized carbons (Fsp3) is 0.947. The van der Waals surface area contributed by atoms with Crippen LogP contribution in [-0.2, 0) is 4.79 Å². The molecule has 1 amide bonds. The Morgan fingerprint density at radius 1 is 0.864 bits per heavy atom. The Bertz CT molecular complexity index is 325. The monoisotopic (exact) mass is 383 g/mol. The van der Waals surface area contributed by atoms with Crippen LogP contribution >= 0.6 is 0 Å². The molecule has 0 aliphatic rings. The molecule has 0 atom stereocenters. The minimum absolute atomic E-state index is 0. The third-order valence-corrected chi connectivity index (χ3v) is 4.76. The van der Waals surface area contributed by atoms with Gasteiger partial charge in [0.1, 0.15) is 0 Å². The maximum Gasteiger partial charge on any atom is 1.00 e. The van der Waals surface area contributed by atoms with E-state index in [-0.39, 0.29) is 80.5 Å². The summed E-state index contributed by atoms with van der Waals surface area (Å²) in [5, 5.41) is 4.43. The van der Waals surface area contributed by atoms with E-state index in [1.165, 1.54) is 0 Å². The van der Waals surface area contributed by atoms with Crippen molar-refractivity contribution in [3.05, 3.63) is 5.32 Å². The summed E-state index contributed by atoms with van der Waals surface area (Å²) >= 11 is 0. The average Bonchev–Trinajstić information content (AvgIpc) is 2.28. The van der Waals surface area contributed by atoms with Crippen molar-refractivity contribution in [2.45, 2.75) is 101 Å². The van der Waals surface area contributed by atoms with Crippen molar-refractivity contribution in [1.29, 1.82) is 0 Å². The second-order valence-corrected chi connectivity index (χ2v) is 8.78. The molecule has 0 spiro atoms. The molecule has 0 aromatic heterocycles. The number of hydrogen-bond donors (Lipinski definition) is 0. The molecule has 0 aromatic rings. The predicted octanol–water partition coefficient (Wildman–Crippen LogP) is 3.59. The molecule has 0 heterocycles. The molecule has 0 aromatic carbocycles. The van der Waals surface area contributed by atoms with Crippen LogP contribution in [0.5, 0.6) is 0 Å². The summed E-state index contributed by atoms with van der Waals surface area (Å²) in [5.74, 6) is 0.0386. The number of carbonyl (C=O) groups is 1. The van der Waals surface area contributed by atoms with E-state index >= 15 is 0 Å². The van der Waals surface area contributed by atoms with Crippen LogP contribution in [0.2, 0.25) is 0 Å². The second-order valence-electron chi connectivity index (χ2n) is 8.78. The van der Waals surface area contributed by atoms with Crippen LogP contribution in [0.25, 0.3) is 5.32 Å². The largest absolute Gasteiger partial charge is 1.00 e. The van der Waals surface area contributed by atoms with Crippen molar-refractivity contribution >= 4 is 5.91 Å². The first-order valence-electron chi connectivity index (χ1n) is 8.42. The van der Waals surface area contributed by atoms with Crippen LogP contribution in [0, 0.1) is 16.2 Å². The van der Waals surface area contributed by atoms with Gasteiger partial charge in [-0.1, -0.05) is 89.5 Å². The molecule has 0 bridgehead atoms. The standard InChI is InChI=1S/C17H35NO.C2H6.Rb/c1-11-17(9,10)18-13(19)15(5,6)12-16(7,8)14(2,3)4;1-2;/h11-12H2,1-10H3,(H,18,19);1-2H3;/q;;+1/p-1. The Kier molecular flexibility index (Phi) is 13.2. The van der Waals surface area contributed by atoms with Gasteiger partial charge in [-0.05, 0) is 17.3 Å². The maximum atomic E-state index is 12.5. The molecule has 0 saturated heterocycles. The van der Waals surface area contributed by atoms with E-state index in [4.69, 9.17) is 0 Å². The minimum atomic E-state index is -0.400. The number of nitrogens with zero attached hydrogens (tertiary/aromatic N) is 1.